The van der Waals surface area contributed by atoms with Crippen molar-refractivity contribution in [1.29, 1.82) is 0 Å². The Morgan fingerprint density at radius 1 is 1.46 bits per heavy atom. The monoisotopic (exact) mass is 186 g/mol. The molecule has 13 heavy (non-hydrogen) atoms. The van der Waals surface area contributed by atoms with E-state index in [9.17, 15) is 0 Å². The van der Waals surface area contributed by atoms with E-state index in [0.717, 1.165) is 5.90 Å². The minimum Gasteiger partial charge on any atom is -0.483 e. The maximum Gasteiger partial charge on any atom is 0.201 e. The van der Waals surface area contributed by atoms with Crippen LogP contribution < -0.4 is 5.32 Å². The van der Waals surface area contributed by atoms with E-state index in [2.05, 4.69) is 24.2 Å². The van der Waals surface area contributed by atoms with Crippen LogP contribution in [0.3, 0.4) is 0 Å². The first-order valence-electron chi connectivity index (χ1n) is 4.56. The van der Waals surface area contributed by atoms with Gasteiger partial charge in [-0.05, 0) is 5.92 Å². The Morgan fingerprint density at radius 2 is 2.15 bits per heavy atom. The summed E-state index contributed by atoms with van der Waals surface area (Å²) in [6, 6.07) is 0.170. The Balaban J connectivity index is 2.67. The zero-order chi connectivity index (χ0) is 9.84. The lowest BCUT2D eigenvalue weighted by atomic mass is 10.0. The van der Waals surface area contributed by atoms with Gasteiger partial charge in [0.15, 0.2) is 0 Å². The van der Waals surface area contributed by atoms with E-state index in [1.54, 1.807) is 14.2 Å². The molecule has 1 N–H and O–H groups in total. The summed E-state index contributed by atoms with van der Waals surface area (Å²) in [6.45, 7) is 4.89. The Hall–Kier alpha value is -0.610. The van der Waals surface area contributed by atoms with Gasteiger partial charge in [0, 0.05) is 7.11 Å². The Bertz CT molecular complexity index is 192. The van der Waals surface area contributed by atoms with Crippen LogP contribution in [0.5, 0.6) is 0 Å². The van der Waals surface area contributed by atoms with Crippen molar-refractivity contribution in [3.8, 4) is 0 Å². The standard InChI is InChI=1S/C9H18N2O2/c1-6(2)8-9(13-4)10-5-7(11-8)12-3/h6-8,11H,5H2,1-4H3. The van der Waals surface area contributed by atoms with E-state index in [-0.39, 0.29) is 12.3 Å². The first-order chi connectivity index (χ1) is 6.19. The van der Waals surface area contributed by atoms with Gasteiger partial charge in [-0.1, -0.05) is 13.8 Å². The molecule has 0 aromatic rings. The summed E-state index contributed by atoms with van der Waals surface area (Å²) < 4.78 is 10.4. The normalized spacial score (nSPS) is 28.8. The highest BCUT2D eigenvalue weighted by molar-refractivity contribution is 5.82. The molecule has 0 aromatic carbocycles. The lowest BCUT2D eigenvalue weighted by Crippen LogP contribution is -2.52. The van der Waals surface area contributed by atoms with Crippen molar-refractivity contribution >= 4 is 5.90 Å². The van der Waals surface area contributed by atoms with Gasteiger partial charge in [0.1, 0.15) is 6.23 Å². The zero-order valence-electron chi connectivity index (χ0n) is 8.70. The number of nitrogens with zero attached hydrogens (tertiary/aromatic N) is 1. The predicted molar refractivity (Wildman–Crippen MR) is 51.9 cm³/mol. The minimum atomic E-state index is 0.0197. The van der Waals surface area contributed by atoms with E-state index in [1.165, 1.54) is 0 Å². The van der Waals surface area contributed by atoms with Crippen molar-refractivity contribution in [2.45, 2.75) is 26.1 Å². The molecular weight excluding hydrogens is 168 g/mol. The summed E-state index contributed by atoms with van der Waals surface area (Å²) in [4.78, 5) is 4.31. The average Bonchev–Trinajstić information content (AvgIpc) is 2.16. The minimum absolute atomic E-state index is 0.0197. The van der Waals surface area contributed by atoms with Crippen LogP contribution in [0.15, 0.2) is 4.99 Å². The summed E-state index contributed by atoms with van der Waals surface area (Å²) >= 11 is 0. The number of methoxy groups -OCH3 is 2. The molecule has 0 aliphatic carbocycles. The Labute approximate surface area is 79.3 Å². The van der Waals surface area contributed by atoms with E-state index in [1.807, 2.05) is 0 Å². The molecule has 1 aliphatic rings. The molecule has 0 saturated carbocycles. The molecule has 0 saturated heterocycles. The van der Waals surface area contributed by atoms with Crippen LogP contribution in [-0.2, 0) is 9.47 Å². The molecule has 0 amide bonds. The van der Waals surface area contributed by atoms with Gasteiger partial charge in [0.2, 0.25) is 5.90 Å². The van der Waals surface area contributed by atoms with Gasteiger partial charge in [-0.15, -0.1) is 0 Å². The van der Waals surface area contributed by atoms with Gasteiger partial charge in [0.05, 0.1) is 19.7 Å². The molecular formula is C9H18N2O2. The molecule has 2 atom stereocenters. The van der Waals surface area contributed by atoms with Crippen LogP contribution in [0.4, 0.5) is 0 Å². The number of hydrogen-bond donors (Lipinski definition) is 1. The topological polar surface area (TPSA) is 42.9 Å². The van der Waals surface area contributed by atoms with Crippen LogP contribution in [0.2, 0.25) is 0 Å². The van der Waals surface area contributed by atoms with Crippen LogP contribution in [0.25, 0.3) is 0 Å². The smallest absolute Gasteiger partial charge is 0.201 e. The van der Waals surface area contributed by atoms with Crippen molar-refractivity contribution in [3.63, 3.8) is 0 Å². The van der Waals surface area contributed by atoms with Gasteiger partial charge in [0.25, 0.3) is 0 Å². The molecule has 76 valence electrons. The first kappa shape index (κ1) is 10.5. The number of aliphatic imine (C=N–C) groups is 1. The van der Waals surface area contributed by atoms with Crippen LogP contribution in [0, 0.1) is 5.92 Å². The van der Waals surface area contributed by atoms with Gasteiger partial charge >= 0.3 is 0 Å². The lowest BCUT2D eigenvalue weighted by Gasteiger charge is -2.31. The summed E-state index contributed by atoms with van der Waals surface area (Å²) in [5.41, 5.74) is 0. The molecule has 0 spiro atoms. The lowest BCUT2D eigenvalue weighted by molar-refractivity contribution is 0.0625. The van der Waals surface area contributed by atoms with E-state index in [0.29, 0.717) is 12.5 Å². The van der Waals surface area contributed by atoms with Crippen molar-refractivity contribution < 1.29 is 9.47 Å². The molecule has 1 aliphatic heterocycles. The number of rotatable bonds is 2. The fourth-order valence-corrected chi connectivity index (χ4v) is 1.41. The van der Waals surface area contributed by atoms with Gasteiger partial charge in [-0.2, -0.15) is 0 Å². The number of ether oxygens (including phenoxy) is 2. The SMILES string of the molecule is COC1=NCC(OC)NC1C(C)C. The average molecular weight is 186 g/mol. The highest BCUT2D eigenvalue weighted by Gasteiger charge is 2.27. The second-order valence-corrected chi connectivity index (χ2v) is 3.50. The third-order valence-corrected chi connectivity index (χ3v) is 2.20. The molecule has 1 rings (SSSR count). The van der Waals surface area contributed by atoms with Gasteiger partial charge in [-0.25, -0.2) is 0 Å². The summed E-state index contributed by atoms with van der Waals surface area (Å²) in [5.74, 6) is 1.24. The second-order valence-electron chi connectivity index (χ2n) is 3.50. The zero-order valence-corrected chi connectivity index (χ0v) is 8.70. The molecule has 0 fully saturated rings. The van der Waals surface area contributed by atoms with Gasteiger partial charge < -0.3 is 9.47 Å². The predicted octanol–water partition coefficient (Wildman–Crippen LogP) is 0.632. The maximum atomic E-state index is 5.19. The number of hydrogen-bond acceptors (Lipinski definition) is 4. The molecule has 1 heterocycles. The summed E-state index contributed by atoms with van der Waals surface area (Å²) in [5, 5.41) is 3.33. The fraction of sp³-hybridized carbons (Fsp3) is 0.889. The quantitative estimate of drug-likeness (QED) is 0.688. The van der Waals surface area contributed by atoms with Crippen LogP contribution in [-0.4, -0.2) is 38.9 Å². The van der Waals surface area contributed by atoms with Crippen molar-refractivity contribution in [3.05, 3.63) is 0 Å². The summed E-state index contributed by atoms with van der Waals surface area (Å²) in [7, 11) is 3.34. The van der Waals surface area contributed by atoms with E-state index in [4.69, 9.17) is 9.47 Å². The molecule has 2 unspecified atom stereocenters. The fourth-order valence-electron chi connectivity index (χ4n) is 1.41. The molecule has 0 bridgehead atoms. The summed E-state index contributed by atoms with van der Waals surface area (Å²) in [6.07, 6.45) is 0.0197. The third kappa shape index (κ3) is 2.42. The second kappa shape index (κ2) is 4.58. The largest absolute Gasteiger partial charge is 0.483 e. The highest BCUT2D eigenvalue weighted by atomic mass is 16.5. The third-order valence-electron chi connectivity index (χ3n) is 2.20. The van der Waals surface area contributed by atoms with E-state index >= 15 is 0 Å². The van der Waals surface area contributed by atoms with Crippen molar-refractivity contribution in [2.75, 3.05) is 20.8 Å². The molecule has 0 aromatic heterocycles. The van der Waals surface area contributed by atoms with Crippen molar-refractivity contribution in [1.82, 2.24) is 5.32 Å². The van der Waals surface area contributed by atoms with Gasteiger partial charge in [-0.3, -0.25) is 10.3 Å². The van der Waals surface area contributed by atoms with Crippen LogP contribution in [0.1, 0.15) is 13.8 Å². The highest BCUT2D eigenvalue weighted by Crippen LogP contribution is 2.10. The number of nitrogens with one attached hydrogen (secondary N) is 1. The first-order valence-corrected chi connectivity index (χ1v) is 4.56. The molecule has 0 radical (unpaired) electrons. The Kier molecular flexibility index (Phi) is 3.69. The maximum absolute atomic E-state index is 5.19. The van der Waals surface area contributed by atoms with Crippen LogP contribution >= 0.6 is 0 Å². The molecule has 4 heteroatoms. The Morgan fingerprint density at radius 3 is 2.62 bits per heavy atom. The molecule has 4 nitrogen and oxygen atoms in total. The van der Waals surface area contributed by atoms with Crippen molar-refractivity contribution in [2.24, 2.45) is 10.9 Å². The van der Waals surface area contributed by atoms with E-state index < -0.39 is 0 Å².